The Kier molecular flexibility index (Phi) is 6.60. The molecule has 0 saturated heterocycles. The number of thiazole rings is 1. The van der Waals surface area contributed by atoms with Crippen molar-refractivity contribution in [2.24, 2.45) is 5.92 Å². The molecule has 0 bridgehead atoms. The van der Waals surface area contributed by atoms with E-state index >= 15 is 0 Å². The van der Waals surface area contributed by atoms with E-state index in [1.165, 1.54) is 17.5 Å². The van der Waals surface area contributed by atoms with Crippen LogP contribution in [0.15, 0.2) is 59.3 Å². The van der Waals surface area contributed by atoms with E-state index in [-0.39, 0.29) is 18.4 Å². The number of carbonyl (C=O) groups excluding carboxylic acids is 2. The molecule has 0 fully saturated rings. The first-order valence-electron chi connectivity index (χ1n) is 9.04. The fourth-order valence-corrected chi connectivity index (χ4v) is 3.42. The minimum absolute atomic E-state index is 0.174. The minimum Gasteiger partial charge on any atom is -0.462 e. The molecule has 1 N–H and O–H groups in total. The molecule has 0 radical (unpaired) electrons. The van der Waals surface area contributed by atoms with Gasteiger partial charge in [-0.1, -0.05) is 44.2 Å². The molecule has 1 aromatic carbocycles. The lowest BCUT2D eigenvalue weighted by Gasteiger charge is -2.19. The second-order valence-corrected chi connectivity index (χ2v) is 7.79. The topological polar surface area (TPSA) is 81.4 Å². The summed E-state index contributed by atoms with van der Waals surface area (Å²) in [6, 6.07) is 12.3. The van der Waals surface area contributed by atoms with Crippen molar-refractivity contribution < 1.29 is 18.7 Å². The van der Waals surface area contributed by atoms with Crippen LogP contribution in [0, 0.1) is 5.92 Å². The largest absolute Gasteiger partial charge is 0.462 e. The van der Waals surface area contributed by atoms with Crippen LogP contribution < -0.4 is 5.32 Å². The van der Waals surface area contributed by atoms with Crippen molar-refractivity contribution in [3.05, 3.63) is 65.4 Å². The first-order valence-corrected chi connectivity index (χ1v) is 9.85. The number of esters is 1. The molecule has 2 aromatic heterocycles. The molecule has 28 heavy (non-hydrogen) atoms. The molecule has 1 atom stereocenters. The van der Waals surface area contributed by atoms with Crippen LogP contribution in [-0.4, -0.2) is 22.9 Å². The van der Waals surface area contributed by atoms with Crippen LogP contribution in [0.2, 0.25) is 0 Å². The van der Waals surface area contributed by atoms with E-state index in [9.17, 15) is 9.59 Å². The van der Waals surface area contributed by atoms with Crippen molar-refractivity contribution in [3.63, 3.8) is 0 Å². The summed E-state index contributed by atoms with van der Waals surface area (Å²) in [5, 5.41) is 3.40. The van der Waals surface area contributed by atoms with Crippen LogP contribution >= 0.6 is 11.3 Å². The van der Waals surface area contributed by atoms with Gasteiger partial charge < -0.3 is 14.5 Å². The number of aromatic nitrogens is 1. The van der Waals surface area contributed by atoms with Crippen LogP contribution in [0.3, 0.4) is 0 Å². The van der Waals surface area contributed by atoms with Crippen LogP contribution in [0.4, 0.5) is 0 Å². The summed E-state index contributed by atoms with van der Waals surface area (Å²) in [4.78, 5) is 29.8. The molecular formula is C21H22N2O4S. The van der Waals surface area contributed by atoms with Crippen molar-refractivity contribution in [2.45, 2.75) is 32.9 Å². The zero-order chi connectivity index (χ0) is 19.9. The molecular weight excluding hydrogens is 376 g/mol. The van der Waals surface area contributed by atoms with Gasteiger partial charge in [0, 0.05) is 0 Å². The third kappa shape index (κ3) is 5.29. The van der Waals surface area contributed by atoms with Gasteiger partial charge in [-0.3, -0.25) is 4.79 Å². The number of hydrogen-bond donors (Lipinski definition) is 1. The molecule has 0 unspecified atom stereocenters. The minimum atomic E-state index is -0.717. The normalized spacial score (nSPS) is 12.0. The Morgan fingerprint density at radius 1 is 1.18 bits per heavy atom. The Bertz CT molecular complexity index is 904. The summed E-state index contributed by atoms with van der Waals surface area (Å²) >= 11 is 1.21. The number of amides is 1. The molecule has 7 heteroatoms. The lowest BCUT2D eigenvalue weighted by atomic mass is 10.0. The van der Waals surface area contributed by atoms with Gasteiger partial charge in [0.15, 0.2) is 10.8 Å². The lowest BCUT2D eigenvalue weighted by molar-refractivity contribution is -0.147. The van der Waals surface area contributed by atoms with E-state index in [2.05, 4.69) is 10.3 Å². The summed E-state index contributed by atoms with van der Waals surface area (Å²) in [6.45, 7) is 4.16. The zero-order valence-corrected chi connectivity index (χ0v) is 16.6. The average molecular weight is 398 g/mol. The number of rotatable bonds is 8. The fraction of sp³-hybridized carbons (Fsp3) is 0.286. The van der Waals surface area contributed by atoms with Crippen molar-refractivity contribution >= 4 is 23.2 Å². The molecule has 2 heterocycles. The molecule has 6 nitrogen and oxygen atoms in total. The van der Waals surface area contributed by atoms with Gasteiger partial charge in [0.1, 0.15) is 17.5 Å². The van der Waals surface area contributed by atoms with E-state index in [4.69, 9.17) is 9.15 Å². The van der Waals surface area contributed by atoms with E-state index < -0.39 is 12.0 Å². The van der Waals surface area contributed by atoms with Crippen molar-refractivity contribution in [3.8, 4) is 10.8 Å². The number of nitrogens with one attached hydrogen (secondary N) is 1. The van der Waals surface area contributed by atoms with E-state index in [1.54, 1.807) is 18.4 Å². The molecule has 0 aliphatic heterocycles. The molecule has 0 saturated carbocycles. The lowest BCUT2D eigenvalue weighted by Crippen LogP contribution is -2.42. The SMILES string of the molecule is CC(C)C[C@H](NC(=O)c1cnc(-c2ccco2)s1)C(=O)OCc1ccccc1. The molecule has 0 spiro atoms. The van der Waals surface area contributed by atoms with E-state index in [0.29, 0.717) is 22.1 Å². The smallest absolute Gasteiger partial charge is 0.328 e. The Morgan fingerprint density at radius 3 is 2.64 bits per heavy atom. The number of benzene rings is 1. The highest BCUT2D eigenvalue weighted by atomic mass is 32.1. The maximum atomic E-state index is 12.6. The Morgan fingerprint density at radius 2 is 1.96 bits per heavy atom. The van der Waals surface area contributed by atoms with Gasteiger partial charge in [-0.15, -0.1) is 11.3 Å². The van der Waals surface area contributed by atoms with E-state index in [1.807, 2.05) is 44.2 Å². The number of hydrogen-bond acceptors (Lipinski definition) is 6. The number of furan rings is 1. The van der Waals surface area contributed by atoms with Crippen LogP contribution in [-0.2, 0) is 16.1 Å². The summed E-state index contributed by atoms with van der Waals surface area (Å²) in [7, 11) is 0. The van der Waals surface area contributed by atoms with Crippen molar-refractivity contribution in [1.82, 2.24) is 10.3 Å². The summed E-state index contributed by atoms with van der Waals surface area (Å²) in [5.41, 5.74) is 0.899. The van der Waals surface area contributed by atoms with Gasteiger partial charge in [-0.2, -0.15) is 0 Å². The zero-order valence-electron chi connectivity index (χ0n) is 15.8. The maximum Gasteiger partial charge on any atom is 0.328 e. The summed E-state index contributed by atoms with van der Waals surface area (Å²) in [5.74, 6) is 0.0269. The average Bonchev–Trinajstić information content (AvgIpc) is 3.37. The first-order chi connectivity index (χ1) is 13.5. The standard InChI is InChI=1S/C21H22N2O4S/c1-14(2)11-16(21(25)27-13-15-7-4-3-5-8-15)23-19(24)18-12-22-20(28-18)17-9-6-10-26-17/h3-10,12,14,16H,11,13H2,1-2H3,(H,23,24)/t16-/m0/s1. The predicted molar refractivity (Wildman–Crippen MR) is 107 cm³/mol. The highest BCUT2D eigenvalue weighted by Crippen LogP contribution is 2.25. The number of ether oxygens (including phenoxy) is 1. The van der Waals surface area contributed by atoms with Crippen molar-refractivity contribution in [2.75, 3.05) is 0 Å². The Hall–Kier alpha value is -2.93. The second kappa shape index (κ2) is 9.32. The molecule has 0 aliphatic rings. The second-order valence-electron chi connectivity index (χ2n) is 6.76. The molecule has 146 valence electrons. The van der Waals surface area contributed by atoms with Gasteiger partial charge >= 0.3 is 5.97 Å². The van der Waals surface area contributed by atoms with Gasteiger partial charge in [0.2, 0.25) is 0 Å². The van der Waals surface area contributed by atoms with Gasteiger partial charge in [0.25, 0.3) is 5.91 Å². The van der Waals surface area contributed by atoms with E-state index in [0.717, 1.165) is 5.56 Å². The van der Waals surface area contributed by atoms with Crippen LogP contribution in [0.25, 0.3) is 10.8 Å². The monoisotopic (exact) mass is 398 g/mol. The predicted octanol–water partition coefficient (Wildman–Crippen LogP) is 4.29. The molecule has 1 amide bonds. The van der Waals surface area contributed by atoms with Gasteiger partial charge in [-0.05, 0) is 30.0 Å². The highest BCUT2D eigenvalue weighted by molar-refractivity contribution is 7.16. The van der Waals surface area contributed by atoms with Gasteiger partial charge in [-0.25, -0.2) is 9.78 Å². The van der Waals surface area contributed by atoms with Crippen LogP contribution in [0.5, 0.6) is 0 Å². The fourth-order valence-electron chi connectivity index (χ4n) is 2.64. The van der Waals surface area contributed by atoms with Gasteiger partial charge in [0.05, 0.1) is 12.5 Å². The number of carbonyl (C=O) groups is 2. The third-order valence-corrected chi connectivity index (χ3v) is 4.99. The Labute approximate surface area is 167 Å². The molecule has 3 aromatic rings. The maximum absolute atomic E-state index is 12.6. The number of nitrogens with zero attached hydrogens (tertiary/aromatic N) is 1. The molecule has 3 rings (SSSR count). The third-order valence-electron chi connectivity index (χ3n) is 3.98. The summed E-state index contributed by atoms with van der Waals surface area (Å²) < 4.78 is 10.7. The van der Waals surface area contributed by atoms with Crippen molar-refractivity contribution in [1.29, 1.82) is 0 Å². The summed E-state index contributed by atoms with van der Waals surface area (Å²) in [6.07, 6.45) is 3.53. The van der Waals surface area contributed by atoms with Crippen LogP contribution in [0.1, 0.15) is 35.5 Å². The quantitative estimate of drug-likeness (QED) is 0.573. The molecule has 0 aliphatic carbocycles. The first kappa shape index (κ1) is 19.8. The Balaban J connectivity index is 1.64. The highest BCUT2D eigenvalue weighted by Gasteiger charge is 2.25.